The smallest absolute Gasteiger partial charge is 0.335 e. The number of rotatable bonds is 12. The molecule has 49 heavy (non-hydrogen) atoms. The Labute approximate surface area is 285 Å². The predicted octanol–water partition coefficient (Wildman–Crippen LogP) is 3.58. The minimum atomic E-state index is -1.60. The van der Waals surface area contributed by atoms with Crippen LogP contribution in [0.15, 0.2) is 47.3 Å². The van der Waals surface area contributed by atoms with Crippen LogP contribution in [0.3, 0.4) is 0 Å². The van der Waals surface area contributed by atoms with E-state index in [4.69, 9.17) is 32.8 Å². The number of aliphatic hydroxyl groups excluding tert-OH is 1. The standard InChI is InChI=1S/C36H46O13/c1-9-19(2)29(41)32(42)47-31-30(46-18-37)28(20(3)36-25(48-36)14-23(35(31,36)7)22-11-13-44-16-22)33(5)12-10-26(39)49-34(6,17-45-21(4)38)24(33)15-27(40)43-8/h10-13,16,18-19,23-25,28-31,41H,3,9,14-15,17H2,1-2,4-8H3/t19-,23-,24-,25-,28-,29-,30-,31+,33+,34-,35-,36-/m1/s1. The monoisotopic (exact) mass is 686 g/mol. The number of hydrogen-bond acceptors (Lipinski definition) is 13. The molecule has 1 N–H and O–H groups in total. The zero-order valence-corrected chi connectivity index (χ0v) is 29.0. The Morgan fingerprint density at radius 1 is 1.22 bits per heavy atom. The van der Waals surface area contributed by atoms with Crippen LogP contribution < -0.4 is 0 Å². The van der Waals surface area contributed by atoms with Crippen molar-refractivity contribution in [2.45, 2.75) is 102 Å². The van der Waals surface area contributed by atoms with Gasteiger partial charge in [-0.05, 0) is 36.5 Å². The highest BCUT2D eigenvalue weighted by Crippen LogP contribution is 2.76. The Balaban J connectivity index is 1.73. The third kappa shape index (κ3) is 5.68. The molecule has 1 aromatic heterocycles. The van der Waals surface area contributed by atoms with Gasteiger partial charge in [-0.3, -0.25) is 14.4 Å². The summed E-state index contributed by atoms with van der Waals surface area (Å²) >= 11 is 0. The van der Waals surface area contributed by atoms with E-state index < -0.39 is 88.6 Å². The lowest BCUT2D eigenvalue weighted by Gasteiger charge is -2.58. The molecule has 2 aliphatic carbocycles. The summed E-state index contributed by atoms with van der Waals surface area (Å²) in [6.45, 7) is 14.4. The highest BCUT2D eigenvalue weighted by molar-refractivity contribution is 5.83. The molecule has 268 valence electrons. The minimum Gasteiger partial charge on any atom is -0.472 e. The fourth-order valence-electron chi connectivity index (χ4n) is 9.06. The molecular weight excluding hydrogens is 640 g/mol. The van der Waals surface area contributed by atoms with Crippen molar-refractivity contribution in [1.29, 1.82) is 0 Å². The van der Waals surface area contributed by atoms with Gasteiger partial charge in [0.15, 0.2) is 6.10 Å². The van der Waals surface area contributed by atoms with Crippen LogP contribution in [0.5, 0.6) is 0 Å². The number of epoxide rings is 1. The van der Waals surface area contributed by atoms with Crippen LogP contribution in [0.4, 0.5) is 0 Å². The number of furan rings is 1. The summed E-state index contributed by atoms with van der Waals surface area (Å²) in [6.07, 6.45) is 2.24. The van der Waals surface area contributed by atoms with Gasteiger partial charge in [0.25, 0.3) is 6.47 Å². The average Bonchev–Trinajstić information content (AvgIpc) is 3.44. The summed E-state index contributed by atoms with van der Waals surface area (Å²) in [4.78, 5) is 64.4. The molecule has 1 saturated heterocycles. The van der Waals surface area contributed by atoms with Gasteiger partial charge in [-0.15, -0.1) is 0 Å². The van der Waals surface area contributed by atoms with Gasteiger partial charge in [-0.1, -0.05) is 46.8 Å². The Morgan fingerprint density at radius 3 is 2.53 bits per heavy atom. The first-order chi connectivity index (χ1) is 23.0. The van der Waals surface area contributed by atoms with Gasteiger partial charge in [0.1, 0.15) is 30.0 Å². The van der Waals surface area contributed by atoms with Crippen molar-refractivity contribution < 1.29 is 61.9 Å². The fourth-order valence-corrected chi connectivity index (χ4v) is 9.06. The number of hydrogen-bond donors (Lipinski definition) is 1. The molecule has 1 spiro atoms. The largest absolute Gasteiger partial charge is 0.472 e. The van der Waals surface area contributed by atoms with Gasteiger partial charge >= 0.3 is 23.9 Å². The molecule has 4 aliphatic rings. The molecule has 0 amide bonds. The highest BCUT2D eigenvalue weighted by Gasteiger charge is 2.84. The molecule has 3 fully saturated rings. The van der Waals surface area contributed by atoms with Gasteiger partial charge in [-0.2, -0.15) is 0 Å². The lowest BCUT2D eigenvalue weighted by Crippen LogP contribution is -2.66. The van der Waals surface area contributed by atoms with Gasteiger partial charge in [0, 0.05) is 36.2 Å². The van der Waals surface area contributed by atoms with Crippen molar-refractivity contribution in [2.75, 3.05) is 13.7 Å². The second kappa shape index (κ2) is 13.1. The van der Waals surface area contributed by atoms with Crippen LogP contribution in [0.1, 0.15) is 72.3 Å². The van der Waals surface area contributed by atoms with E-state index in [-0.39, 0.29) is 24.9 Å². The lowest BCUT2D eigenvalue weighted by molar-refractivity contribution is -0.213. The van der Waals surface area contributed by atoms with Crippen LogP contribution in [-0.2, 0) is 52.4 Å². The first-order valence-corrected chi connectivity index (χ1v) is 16.5. The van der Waals surface area contributed by atoms with E-state index in [0.29, 0.717) is 18.4 Å². The zero-order chi connectivity index (χ0) is 36.1. The van der Waals surface area contributed by atoms with Crippen LogP contribution in [0.25, 0.3) is 0 Å². The molecule has 0 radical (unpaired) electrons. The number of allylic oxidation sites excluding steroid dienone is 1. The molecule has 3 heterocycles. The SMILES string of the molecule is C=C1[C@@H]([C@@]2(C)C=CC(=O)O[C@](C)(COC(C)=O)[C@@H]2CC(=O)OC)[C@@H](OC=O)[C@H](OC(=O)[C@H](O)[C@H](C)CC)[C@@]2(C)[C@@H](c3ccoc3)C[C@H]3O[C@]132. The van der Waals surface area contributed by atoms with Crippen molar-refractivity contribution in [3.8, 4) is 0 Å². The van der Waals surface area contributed by atoms with Crippen LogP contribution in [0, 0.1) is 28.6 Å². The molecule has 5 rings (SSSR count). The zero-order valence-electron chi connectivity index (χ0n) is 29.0. The van der Waals surface area contributed by atoms with Crippen molar-refractivity contribution in [3.05, 3.63) is 48.5 Å². The number of methoxy groups -OCH3 is 1. The molecular formula is C36H46O13. The first-order valence-electron chi connectivity index (χ1n) is 16.5. The van der Waals surface area contributed by atoms with Crippen LogP contribution >= 0.6 is 0 Å². The van der Waals surface area contributed by atoms with Crippen molar-refractivity contribution in [2.24, 2.45) is 28.6 Å². The normalized spacial score (nSPS) is 38.9. The van der Waals surface area contributed by atoms with E-state index in [1.807, 2.05) is 19.9 Å². The van der Waals surface area contributed by atoms with E-state index in [0.717, 1.165) is 5.56 Å². The summed E-state index contributed by atoms with van der Waals surface area (Å²) in [5.41, 5.74) is -3.85. The second-order valence-electron chi connectivity index (χ2n) is 14.4. The third-order valence-electron chi connectivity index (χ3n) is 11.8. The van der Waals surface area contributed by atoms with E-state index in [2.05, 4.69) is 6.58 Å². The number of aliphatic hydroxyl groups is 1. The number of ether oxygens (including phenoxy) is 6. The average molecular weight is 687 g/mol. The van der Waals surface area contributed by atoms with Gasteiger partial charge in [-0.25, -0.2) is 9.59 Å². The van der Waals surface area contributed by atoms with E-state index in [9.17, 15) is 29.1 Å². The fraction of sp³-hybridized carbons (Fsp3) is 0.639. The lowest BCUT2D eigenvalue weighted by atomic mass is 9.48. The minimum absolute atomic E-state index is 0.254. The summed E-state index contributed by atoms with van der Waals surface area (Å²) < 4.78 is 40.6. The van der Waals surface area contributed by atoms with Gasteiger partial charge in [0.2, 0.25) is 0 Å². The van der Waals surface area contributed by atoms with Crippen LogP contribution in [-0.4, -0.2) is 84.8 Å². The van der Waals surface area contributed by atoms with Crippen molar-refractivity contribution in [3.63, 3.8) is 0 Å². The Kier molecular flexibility index (Phi) is 9.67. The summed E-state index contributed by atoms with van der Waals surface area (Å²) in [5.74, 6) is -5.65. The maximum absolute atomic E-state index is 13.8. The number of carbonyl (C=O) groups excluding carboxylic acids is 5. The highest BCUT2D eigenvalue weighted by atomic mass is 16.6. The Bertz CT molecular complexity index is 1520. The van der Waals surface area contributed by atoms with E-state index in [1.165, 1.54) is 20.1 Å². The third-order valence-corrected chi connectivity index (χ3v) is 11.8. The number of cyclic esters (lactones) is 1. The summed E-state index contributed by atoms with van der Waals surface area (Å²) in [6, 6.07) is 1.82. The molecule has 2 aliphatic heterocycles. The molecule has 2 saturated carbocycles. The maximum atomic E-state index is 13.8. The first kappa shape index (κ1) is 36.3. The summed E-state index contributed by atoms with van der Waals surface area (Å²) in [7, 11) is 1.22. The van der Waals surface area contributed by atoms with E-state index in [1.54, 1.807) is 39.4 Å². The van der Waals surface area contributed by atoms with Gasteiger partial charge < -0.3 is 37.9 Å². The molecule has 0 bridgehead atoms. The maximum Gasteiger partial charge on any atom is 0.335 e. The Morgan fingerprint density at radius 2 is 1.94 bits per heavy atom. The molecule has 0 unspecified atom stereocenters. The quantitative estimate of drug-likeness (QED) is 0.111. The van der Waals surface area contributed by atoms with Gasteiger partial charge in [0.05, 0.1) is 37.6 Å². The molecule has 0 aromatic carbocycles. The predicted molar refractivity (Wildman–Crippen MR) is 169 cm³/mol. The topological polar surface area (TPSA) is 177 Å². The van der Waals surface area contributed by atoms with E-state index >= 15 is 0 Å². The van der Waals surface area contributed by atoms with Crippen LogP contribution in [0.2, 0.25) is 0 Å². The second-order valence-corrected chi connectivity index (χ2v) is 14.4. The number of esters is 4. The van der Waals surface area contributed by atoms with Crippen molar-refractivity contribution >= 4 is 30.3 Å². The molecule has 13 nitrogen and oxygen atoms in total. The summed E-state index contributed by atoms with van der Waals surface area (Å²) in [5, 5.41) is 11.0. The molecule has 13 heteroatoms. The Hall–Kier alpha value is -3.97. The molecule has 12 atom stereocenters. The van der Waals surface area contributed by atoms with Crippen molar-refractivity contribution in [1.82, 2.24) is 0 Å². The molecule has 1 aromatic rings. The number of carbonyl (C=O) groups is 5.